The van der Waals surface area contributed by atoms with E-state index >= 15 is 0 Å². The molecule has 2 saturated heterocycles. The fourth-order valence-corrected chi connectivity index (χ4v) is 3.35. The molecule has 26 heavy (non-hydrogen) atoms. The van der Waals surface area contributed by atoms with E-state index in [0.717, 1.165) is 37.2 Å². The maximum atomic E-state index is 12.6. The topological polar surface area (TPSA) is 70.7 Å². The van der Waals surface area contributed by atoms with E-state index < -0.39 is 0 Å². The zero-order valence-corrected chi connectivity index (χ0v) is 16.1. The van der Waals surface area contributed by atoms with Gasteiger partial charge < -0.3 is 20.3 Å². The molecule has 2 N–H and O–H groups in total. The number of halogens is 1. The predicted molar refractivity (Wildman–Crippen MR) is 104 cm³/mol. The first kappa shape index (κ1) is 20.7. The van der Waals surface area contributed by atoms with Gasteiger partial charge in [0.2, 0.25) is 5.91 Å². The highest BCUT2D eigenvalue weighted by atomic mass is 35.5. The van der Waals surface area contributed by atoms with Gasteiger partial charge in [0.1, 0.15) is 0 Å². The Balaban J connectivity index is 0.00000243. The van der Waals surface area contributed by atoms with E-state index in [1.54, 1.807) is 11.0 Å². The van der Waals surface area contributed by atoms with Crippen LogP contribution in [0.25, 0.3) is 0 Å². The number of amides is 2. The Morgan fingerprint density at radius 1 is 1.31 bits per heavy atom. The minimum absolute atomic E-state index is 0. The van der Waals surface area contributed by atoms with E-state index in [-0.39, 0.29) is 24.2 Å². The summed E-state index contributed by atoms with van der Waals surface area (Å²) in [7, 11) is 0. The summed E-state index contributed by atoms with van der Waals surface area (Å²) in [5.41, 5.74) is 2.31. The predicted octanol–water partition coefficient (Wildman–Crippen LogP) is 2.22. The zero-order valence-electron chi connectivity index (χ0n) is 15.3. The number of ether oxygens (including phenoxy) is 1. The van der Waals surface area contributed by atoms with Crippen LogP contribution in [-0.2, 0) is 9.53 Å². The molecule has 2 heterocycles. The number of morpholine rings is 1. The van der Waals surface area contributed by atoms with Crippen molar-refractivity contribution in [2.24, 2.45) is 5.92 Å². The van der Waals surface area contributed by atoms with Gasteiger partial charge in [-0.2, -0.15) is 0 Å². The molecule has 2 fully saturated rings. The largest absolute Gasteiger partial charge is 0.378 e. The second-order valence-electron chi connectivity index (χ2n) is 6.88. The summed E-state index contributed by atoms with van der Waals surface area (Å²) < 4.78 is 5.29. The number of benzene rings is 1. The standard InChI is InChI=1S/C19H27N3O3.ClH/c1-14-2-4-16(19(24)22-8-10-25-11-9-22)12-17(14)21-18(23)5-3-15-6-7-20-13-15;/h2,4,12,15,20H,3,5-11,13H2,1H3,(H,21,23);1H. The minimum Gasteiger partial charge on any atom is -0.378 e. The van der Waals surface area contributed by atoms with Crippen molar-refractivity contribution >= 4 is 29.9 Å². The Morgan fingerprint density at radius 3 is 2.77 bits per heavy atom. The number of nitrogens with one attached hydrogen (secondary N) is 2. The van der Waals surface area contributed by atoms with Gasteiger partial charge in [-0.15, -0.1) is 12.4 Å². The lowest BCUT2D eigenvalue weighted by Crippen LogP contribution is -2.40. The molecule has 6 nitrogen and oxygen atoms in total. The molecule has 1 unspecified atom stereocenters. The van der Waals surface area contributed by atoms with Crippen LogP contribution in [0.4, 0.5) is 5.69 Å². The number of hydrogen-bond donors (Lipinski definition) is 2. The molecule has 3 rings (SSSR count). The van der Waals surface area contributed by atoms with Crippen molar-refractivity contribution in [3.8, 4) is 0 Å². The number of hydrogen-bond acceptors (Lipinski definition) is 4. The summed E-state index contributed by atoms with van der Waals surface area (Å²) in [6, 6.07) is 5.51. The van der Waals surface area contributed by atoms with Crippen molar-refractivity contribution in [2.75, 3.05) is 44.7 Å². The van der Waals surface area contributed by atoms with Gasteiger partial charge in [0.15, 0.2) is 0 Å². The van der Waals surface area contributed by atoms with Gasteiger partial charge in [-0.1, -0.05) is 6.07 Å². The van der Waals surface area contributed by atoms with E-state index in [2.05, 4.69) is 10.6 Å². The summed E-state index contributed by atoms with van der Waals surface area (Å²) in [4.78, 5) is 26.7. The lowest BCUT2D eigenvalue weighted by atomic mass is 10.0. The Hall–Kier alpha value is -1.63. The molecule has 0 saturated carbocycles. The molecule has 0 spiro atoms. The second-order valence-corrected chi connectivity index (χ2v) is 6.88. The Morgan fingerprint density at radius 2 is 2.08 bits per heavy atom. The van der Waals surface area contributed by atoms with Crippen LogP contribution in [0.15, 0.2) is 18.2 Å². The first-order valence-corrected chi connectivity index (χ1v) is 9.12. The summed E-state index contributed by atoms with van der Waals surface area (Å²) in [5.74, 6) is 0.614. The molecule has 2 amide bonds. The third-order valence-electron chi connectivity index (χ3n) is 5.00. The highest BCUT2D eigenvalue weighted by Gasteiger charge is 2.20. The third kappa shape index (κ3) is 5.43. The summed E-state index contributed by atoms with van der Waals surface area (Å²) in [6.07, 6.45) is 2.58. The molecule has 1 aromatic rings. The highest BCUT2D eigenvalue weighted by molar-refractivity contribution is 5.97. The summed E-state index contributed by atoms with van der Waals surface area (Å²) >= 11 is 0. The maximum Gasteiger partial charge on any atom is 0.254 e. The molecule has 1 aromatic carbocycles. The van der Waals surface area contributed by atoms with Gasteiger partial charge in [0, 0.05) is 30.8 Å². The van der Waals surface area contributed by atoms with Crippen molar-refractivity contribution in [1.29, 1.82) is 0 Å². The molecular weight excluding hydrogens is 354 g/mol. The molecule has 0 aliphatic carbocycles. The van der Waals surface area contributed by atoms with E-state index in [9.17, 15) is 9.59 Å². The molecule has 144 valence electrons. The number of aryl methyl sites for hydroxylation is 1. The molecular formula is C19H28ClN3O3. The van der Waals surface area contributed by atoms with E-state index in [0.29, 0.717) is 44.2 Å². The monoisotopic (exact) mass is 381 g/mol. The number of carbonyl (C=O) groups excluding carboxylic acids is 2. The number of nitrogens with zero attached hydrogens (tertiary/aromatic N) is 1. The SMILES string of the molecule is Cc1ccc(C(=O)N2CCOCC2)cc1NC(=O)CCC1CCNC1.Cl. The fraction of sp³-hybridized carbons (Fsp3) is 0.579. The van der Waals surface area contributed by atoms with Crippen molar-refractivity contribution in [2.45, 2.75) is 26.2 Å². The molecule has 1 atom stereocenters. The van der Waals surface area contributed by atoms with Gasteiger partial charge >= 0.3 is 0 Å². The Labute approximate surface area is 161 Å². The third-order valence-corrected chi connectivity index (χ3v) is 5.00. The normalized spacial score (nSPS) is 19.7. The van der Waals surface area contributed by atoms with E-state index in [1.165, 1.54) is 0 Å². The van der Waals surface area contributed by atoms with Crippen LogP contribution in [0.3, 0.4) is 0 Å². The quantitative estimate of drug-likeness (QED) is 0.820. The highest BCUT2D eigenvalue weighted by Crippen LogP contribution is 2.20. The van der Waals surface area contributed by atoms with Gasteiger partial charge in [0.05, 0.1) is 13.2 Å². The lowest BCUT2D eigenvalue weighted by Gasteiger charge is -2.27. The molecule has 2 aliphatic heterocycles. The molecule has 0 aromatic heterocycles. The van der Waals surface area contributed by atoms with Crippen LogP contribution in [-0.4, -0.2) is 56.1 Å². The second kappa shape index (κ2) is 9.90. The van der Waals surface area contributed by atoms with Crippen LogP contribution >= 0.6 is 12.4 Å². The molecule has 0 radical (unpaired) electrons. The van der Waals surface area contributed by atoms with Gasteiger partial charge in [-0.05, 0) is 56.5 Å². The van der Waals surface area contributed by atoms with Crippen LogP contribution in [0.1, 0.15) is 35.2 Å². The average molecular weight is 382 g/mol. The first-order chi connectivity index (χ1) is 12.1. The Kier molecular flexibility index (Phi) is 7.87. The van der Waals surface area contributed by atoms with Crippen LogP contribution in [0, 0.1) is 12.8 Å². The fourth-order valence-electron chi connectivity index (χ4n) is 3.35. The van der Waals surface area contributed by atoms with Crippen molar-refractivity contribution in [3.63, 3.8) is 0 Å². The number of anilines is 1. The minimum atomic E-state index is -0.00386. The average Bonchev–Trinajstić information content (AvgIpc) is 3.15. The molecule has 2 aliphatic rings. The number of rotatable bonds is 5. The smallest absolute Gasteiger partial charge is 0.254 e. The van der Waals surface area contributed by atoms with Crippen LogP contribution in [0.2, 0.25) is 0 Å². The Bertz CT molecular complexity index is 626. The van der Waals surface area contributed by atoms with E-state index in [4.69, 9.17) is 4.74 Å². The van der Waals surface area contributed by atoms with Crippen molar-refractivity contribution in [1.82, 2.24) is 10.2 Å². The van der Waals surface area contributed by atoms with Gasteiger partial charge in [0.25, 0.3) is 5.91 Å². The number of carbonyl (C=O) groups is 2. The first-order valence-electron chi connectivity index (χ1n) is 9.12. The molecule has 7 heteroatoms. The van der Waals surface area contributed by atoms with Crippen LogP contribution < -0.4 is 10.6 Å². The van der Waals surface area contributed by atoms with Crippen LogP contribution in [0.5, 0.6) is 0 Å². The van der Waals surface area contributed by atoms with Crippen molar-refractivity contribution < 1.29 is 14.3 Å². The summed E-state index contributed by atoms with van der Waals surface area (Å²) in [5, 5.41) is 6.30. The van der Waals surface area contributed by atoms with Gasteiger partial charge in [-0.3, -0.25) is 9.59 Å². The maximum absolute atomic E-state index is 12.6. The summed E-state index contributed by atoms with van der Waals surface area (Å²) in [6.45, 7) is 6.40. The lowest BCUT2D eigenvalue weighted by molar-refractivity contribution is -0.116. The molecule has 0 bridgehead atoms. The van der Waals surface area contributed by atoms with E-state index in [1.807, 2.05) is 19.1 Å². The zero-order chi connectivity index (χ0) is 17.6. The van der Waals surface area contributed by atoms with Crippen molar-refractivity contribution in [3.05, 3.63) is 29.3 Å². The van der Waals surface area contributed by atoms with Gasteiger partial charge in [-0.25, -0.2) is 0 Å².